The molecule has 6 heteroatoms. The third kappa shape index (κ3) is 3.45. The molecule has 1 aliphatic rings. The number of nitrogens with zero attached hydrogens (tertiary/aromatic N) is 1. The molecule has 18 heavy (non-hydrogen) atoms. The second-order valence-corrected chi connectivity index (χ2v) is 7.25. The van der Waals surface area contributed by atoms with Crippen LogP contribution in [0.3, 0.4) is 0 Å². The molecule has 0 heterocycles. The zero-order chi connectivity index (χ0) is 13.8. The number of carbonyl (C=O) groups is 1. The Balaban J connectivity index is 2.70. The zero-order valence-corrected chi connectivity index (χ0v) is 11.9. The first kappa shape index (κ1) is 15.4. The highest BCUT2D eigenvalue weighted by Crippen LogP contribution is 2.32. The molecule has 1 fully saturated rings. The van der Waals surface area contributed by atoms with Crippen LogP contribution in [0.4, 0.5) is 0 Å². The van der Waals surface area contributed by atoms with Gasteiger partial charge < -0.3 is 5.11 Å². The van der Waals surface area contributed by atoms with Crippen molar-refractivity contribution in [2.45, 2.75) is 50.7 Å². The highest BCUT2D eigenvalue weighted by molar-refractivity contribution is 7.89. The van der Waals surface area contributed by atoms with Gasteiger partial charge >= 0.3 is 5.97 Å². The third-order valence-electron chi connectivity index (χ3n) is 3.66. The van der Waals surface area contributed by atoms with E-state index in [2.05, 4.69) is 6.92 Å². The van der Waals surface area contributed by atoms with E-state index in [1.54, 1.807) is 7.05 Å². The van der Waals surface area contributed by atoms with Crippen molar-refractivity contribution < 1.29 is 18.3 Å². The summed E-state index contributed by atoms with van der Waals surface area (Å²) in [6, 6.07) is 0. The van der Waals surface area contributed by atoms with Crippen molar-refractivity contribution in [3.8, 4) is 0 Å². The molecule has 0 aromatic rings. The number of carboxylic acids is 1. The fourth-order valence-corrected chi connectivity index (χ4v) is 4.49. The van der Waals surface area contributed by atoms with Crippen molar-refractivity contribution in [2.75, 3.05) is 13.6 Å². The fraction of sp³-hybridized carbons (Fsp3) is 0.917. The Labute approximate surface area is 109 Å². The Kier molecular flexibility index (Phi) is 5.59. The minimum atomic E-state index is -3.46. The summed E-state index contributed by atoms with van der Waals surface area (Å²) in [7, 11) is -1.90. The molecule has 1 saturated carbocycles. The molecule has 1 aliphatic carbocycles. The summed E-state index contributed by atoms with van der Waals surface area (Å²) in [6.45, 7) is 2.55. The van der Waals surface area contributed by atoms with Gasteiger partial charge in [-0.2, -0.15) is 0 Å². The van der Waals surface area contributed by atoms with Crippen molar-refractivity contribution in [3.63, 3.8) is 0 Å². The van der Waals surface area contributed by atoms with Crippen LogP contribution in [0.5, 0.6) is 0 Å². The summed E-state index contributed by atoms with van der Waals surface area (Å²) in [5.74, 6) is -1.72. The summed E-state index contributed by atoms with van der Waals surface area (Å²) in [5, 5.41) is 8.33. The van der Waals surface area contributed by atoms with E-state index in [1.165, 1.54) is 4.31 Å². The predicted octanol–water partition coefficient (Wildman–Crippen LogP) is 1.69. The average Bonchev–Trinajstić information content (AvgIpc) is 2.78. The van der Waals surface area contributed by atoms with Crippen LogP contribution in [0, 0.1) is 5.92 Å². The molecular formula is C12H23NO4S. The Morgan fingerprint density at radius 3 is 2.56 bits per heavy atom. The number of sulfonamides is 1. The van der Waals surface area contributed by atoms with Crippen LogP contribution in [0.2, 0.25) is 0 Å². The number of hydrogen-bond acceptors (Lipinski definition) is 3. The van der Waals surface area contributed by atoms with Gasteiger partial charge in [0.05, 0.1) is 11.2 Å². The van der Waals surface area contributed by atoms with Crippen molar-refractivity contribution in [1.29, 1.82) is 0 Å². The SMILES string of the molecule is CCCCCN(C)S(=O)(=O)C1CCCC1C(=O)O. The molecule has 0 aliphatic heterocycles. The van der Waals surface area contributed by atoms with Gasteiger partial charge in [0.1, 0.15) is 0 Å². The first-order valence-electron chi connectivity index (χ1n) is 6.59. The van der Waals surface area contributed by atoms with E-state index in [-0.39, 0.29) is 0 Å². The number of unbranched alkanes of at least 4 members (excludes halogenated alkanes) is 2. The Bertz CT molecular complexity index is 380. The summed E-state index contributed by atoms with van der Waals surface area (Å²) < 4.78 is 26.0. The maximum atomic E-state index is 12.3. The normalized spacial score (nSPS) is 24.6. The quantitative estimate of drug-likeness (QED) is 0.719. The van der Waals surface area contributed by atoms with Gasteiger partial charge in [-0.25, -0.2) is 12.7 Å². The van der Waals surface area contributed by atoms with Gasteiger partial charge in [-0.05, 0) is 19.3 Å². The number of hydrogen-bond donors (Lipinski definition) is 1. The van der Waals surface area contributed by atoms with Crippen LogP contribution in [-0.4, -0.2) is 42.6 Å². The number of carboxylic acid groups (broad SMARTS) is 1. The Morgan fingerprint density at radius 2 is 2.00 bits per heavy atom. The standard InChI is InChI=1S/C12H23NO4S/c1-3-4-5-9-13(2)18(16,17)11-8-6-7-10(11)12(14)15/h10-11H,3-9H2,1-2H3,(H,14,15). The summed E-state index contributed by atoms with van der Waals surface area (Å²) >= 11 is 0. The van der Waals surface area contributed by atoms with E-state index in [4.69, 9.17) is 5.11 Å². The minimum Gasteiger partial charge on any atom is -0.481 e. The van der Waals surface area contributed by atoms with Crippen LogP contribution >= 0.6 is 0 Å². The molecule has 0 aromatic heterocycles. The minimum absolute atomic E-state index is 0.470. The molecule has 0 aromatic carbocycles. The molecule has 2 unspecified atom stereocenters. The summed E-state index contributed by atoms with van der Waals surface area (Å²) in [6.07, 6.45) is 4.49. The molecule has 2 atom stereocenters. The molecule has 0 spiro atoms. The predicted molar refractivity (Wildman–Crippen MR) is 69.8 cm³/mol. The molecule has 5 nitrogen and oxygen atoms in total. The molecule has 0 bridgehead atoms. The maximum absolute atomic E-state index is 12.3. The first-order chi connectivity index (χ1) is 8.41. The summed E-state index contributed by atoms with van der Waals surface area (Å²) in [5.41, 5.74) is 0. The topological polar surface area (TPSA) is 74.7 Å². The van der Waals surface area contributed by atoms with Gasteiger partial charge in [-0.3, -0.25) is 4.79 Å². The van der Waals surface area contributed by atoms with Crippen LogP contribution in [0.25, 0.3) is 0 Å². The lowest BCUT2D eigenvalue weighted by molar-refractivity contribution is -0.141. The van der Waals surface area contributed by atoms with Gasteiger partial charge in [-0.15, -0.1) is 0 Å². The van der Waals surface area contributed by atoms with Gasteiger partial charge in [0.25, 0.3) is 0 Å². The first-order valence-corrected chi connectivity index (χ1v) is 8.09. The van der Waals surface area contributed by atoms with E-state index in [0.29, 0.717) is 25.8 Å². The lowest BCUT2D eigenvalue weighted by atomic mass is 10.1. The van der Waals surface area contributed by atoms with E-state index in [1.807, 2.05) is 0 Å². The monoisotopic (exact) mass is 277 g/mol. The van der Waals surface area contributed by atoms with E-state index in [0.717, 1.165) is 19.3 Å². The molecule has 0 amide bonds. The summed E-state index contributed by atoms with van der Waals surface area (Å²) in [4.78, 5) is 11.1. The Hall–Kier alpha value is -0.620. The average molecular weight is 277 g/mol. The van der Waals surface area contributed by atoms with E-state index >= 15 is 0 Å². The van der Waals surface area contributed by atoms with Crippen LogP contribution in [0.15, 0.2) is 0 Å². The van der Waals surface area contributed by atoms with E-state index in [9.17, 15) is 13.2 Å². The van der Waals surface area contributed by atoms with Gasteiger partial charge in [0, 0.05) is 13.6 Å². The molecule has 106 valence electrons. The van der Waals surface area contributed by atoms with Crippen LogP contribution in [-0.2, 0) is 14.8 Å². The van der Waals surface area contributed by atoms with Crippen molar-refractivity contribution in [2.24, 2.45) is 5.92 Å². The lowest BCUT2D eigenvalue weighted by Gasteiger charge is -2.24. The second-order valence-electron chi connectivity index (χ2n) is 4.99. The van der Waals surface area contributed by atoms with Crippen LogP contribution < -0.4 is 0 Å². The lowest BCUT2D eigenvalue weighted by Crippen LogP contribution is -2.40. The number of aliphatic carboxylic acids is 1. The molecule has 0 radical (unpaired) electrons. The fourth-order valence-electron chi connectivity index (χ4n) is 2.51. The third-order valence-corrected chi connectivity index (χ3v) is 6.04. The van der Waals surface area contributed by atoms with Gasteiger partial charge in [-0.1, -0.05) is 26.2 Å². The van der Waals surface area contributed by atoms with Crippen molar-refractivity contribution in [1.82, 2.24) is 4.31 Å². The zero-order valence-electron chi connectivity index (χ0n) is 11.1. The second kappa shape index (κ2) is 6.52. The van der Waals surface area contributed by atoms with Crippen LogP contribution in [0.1, 0.15) is 45.4 Å². The highest BCUT2D eigenvalue weighted by Gasteiger charge is 2.43. The largest absolute Gasteiger partial charge is 0.481 e. The molecule has 0 saturated heterocycles. The van der Waals surface area contributed by atoms with Gasteiger partial charge in [0.2, 0.25) is 10.0 Å². The Morgan fingerprint density at radius 1 is 1.33 bits per heavy atom. The van der Waals surface area contributed by atoms with Gasteiger partial charge in [0.15, 0.2) is 0 Å². The van der Waals surface area contributed by atoms with E-state index < -0.39 is 27.2 Å². The smallest absolute Gasteiger partial charge is 0.307 e. The maximum Gasteiger partial charge on any atom is 0.307 e. The molecule has 1 rings (SSSR count). The number of rotatable bonds is 7. The van der Waals surface area contributed by atoms with Crippen molar-refractivity contribution in [3.05, 3.63) is 0 Å². The van der Waals surface area contributed by atoms with Crippen molar-refractivity contribution >= 4 is 16.0 Å². The highest BCUT2D eigenvalue weighted by atomic mass is 32.2. The molecule has 1 N–H and O–H groups in total. The molecular weight excluding hydrogens is 254 g/mol.